The second-order valence-corrected chi connectivity index (χ2v) is 11.0. The zero-order valence-electron chi connectivity index (χ0n) is 23.5. The van der Waals surface area contributed by atoms with Crippen LogP contribution in [-0.4, -0.2) is 61.4 Å². The van der Waals surface area contributed by atoms with E-state index in [1.54, 1.807) is 22.7 Å². The van der Waals surface area contributed by atoms with E-state index in [1.165, 1.54) is 0 Å². The molecule has 0 unspecified atom stereocenters. The van der Waals surface area contributed by atoms with Gasteiger partial charge in [-0.3, -0.25) is 14.1 Å². The molecule has 40 heavy (non-hydrogen) atoms. The number of nitrogens with one attached hydrogen (secondary N) is 2. The van der Waals surface area contributed by atoms with E-state index in [0.29, 0.717) is 54.7 Å². The van der Waals surface area contributed by atoms with Crippen LogP contribution >= 0.6 is 0 Å². The van der Waals surface area contributed by atoms with Crippen molar-refractivity contribution in [2.75, 3.05) is 25.0 Å². The van der Waals surface area contributed by atoms with E-state index in [4.69, 9.17) is 9.72 Å². The van der Waals surface area contributed by atoms with E-state index in [-0.39, 0.29) is 23.9 Å². The van der Waals surface area contributed by atoms with Crippen LogP contribution in [0.4, 0.5) is 15.3 Å². The fourth-order valence-electron chi connectivity index (χ4n) is 5.08. The number of pyridine rings is 2. The Morgan fingerprint density at radius 2 is 1.77 bits per heavy atom. The van der Waals surface area contributed by atoms with Crippen LogP contribution in [0.2, 0.25) is 0 Å². The number of anilines is 1. The van der Waals surface area contributed by atoms with Gasteiger partial charge >= 0.3 is 17.8 Å². The summed E-state index contributed by atoms with van der Waals surface area (Å²) >= 11 is 0. The largest absolute Gasteiger partial charge is 0.444 e. The van der Waals surface area contributed by atoms with Gasteiger partial charge in [0.25, 0.3) is 0 Å². The molecule has 4 heterocycles. The quantitative estimate of drug-likeness (QED) is 0.384. The summed E-state index contributed by atoms with van der Waals surface area (Å²) in [6.07, 6.45) is 2.64. The number of rotatable bonds is 4. The molecule has 11 nitrogen and oxygen atoms in total. The Kier molecular flexibility index (Phi) is 7.22. The molecule has 3 amide bonds. The topological polar surface area (TPSA) is 123 Å². The third-order valence-corrected chi connectivity index (χ3v) is 7.02. The molecule has 0 saturated carbocycles. The van der Waals surface area contributed by atoms with Crippen molar-refractivity contribution < 1.29 is 14.3 Å². The summed E-state index contributed by atoms with van der Waals surface area (Å²) in [5.41, 5.74) is 4.37. The maximum absolute atomic E-state index is 13.5. The number of amides is 3. The second kappa shape index (κ2) is 10.6. The van der Waals surface area contributed by atoms with Crippen LogP contribution in [-0.2, 0) is 11.8 Å². The molecule has 0 atom stereocenters. The average molecular weight is 546 g/mol. The number of piperidine rings is 1. The van der Waals surface area contributed by atoms with Crippen molar-refractivity contribution in [1.82, 2.24) is 29.3 Å². The Labute approximate surface area is 232 Å². The van der Waals surface area contributed by atoms with Gasteiger partial charge in [0.1, 0.15) is 11.1 Å². The summed E-state index contributed by atoms with van der Waals surface area (Å²) in [5, 5.41) is 5.50. The first-order chi connectivity index (χ1) is 19.1. The van der Waals surface area contributed by atoms with Crippen molar-refractivity contribution in [2.24, 2.45) is 7.05 Å². The summed E-state index contributed by atoms with van der Waals surface area (Å²) in [6.45, 7) is 8.96. The molecule has 2 N–H and O–H groups in total. The number of aromatic nitrogens is 4. The third kappa shape index (κ3) is 5.36. The number of carbonyl (C=O) groups is 2. The number of urea groups is 1. The number of carbonyl (C=O) groups excluding carboxylic acids is 2. The van der Waals surface area contributed by atoms with Crippen molar-refractivity contribution in [3.05, 3.63) is 53.1 Å². The highest BCUT2D eigenvalue weighted by Crippen LogP contribution is 2.31. The monoisotopic (exact) mass is 545 g/mol. The predicted molar refractivity (Wildman–Crippen MR) is 154 cm³/mol. The number of hydrogen-bond acceptors (Lipinski definition) is 6. The minimum absolute atomic E-state index is 0.0921. The average Bonchev–Trinajstić information content (AvgIpc) is 3.18. The van der Waals surface area contributed by atoms with E-state index in [1.807, 2.05) is 68.7 Å². The first kappa shape index (κ1) is 27.2. The molecule has 4 aromatic rings. The van der Waals surface area contributed by atoms with E-state index < -0.39 is 5.60 Å². The highest BCUT2D eigenvalue weighted by molar-refractivity contribution is 6.00. The summed E-state index contributed by atoms with van der Waals surface area (Å²) in [7, 11) is 1.74. The summed E-state index contributed by atoms with van der Waals surface area (Å²) in [6, 6.07) is 10.9. The van der Waals surface area contributed by atoms with Crippen molar-refractivity contribution in [1.29, 1.82) is 0 Å². The van der Waals surface area contributed by atoms with E-state index in [0.717, 1.165) is 16.8 Å². The van der Waals surface area contributed by atoms with Gasteiger partial charge in [-0.1, -0.05) is 12.1 Å². The Hall–Kier alpha value is -4.41. The number of likely N-dealkylation sites (tertiary alicyclic amines) is 1. The van der Waals surface area contributed by atoms with Crippen molar-refractivity contribution in [2.45, 2.75) is 52.2 Å². The van der Waals surface area contributed by atoms with E-state index in [9.17, 15) is 14.4 Å². The van der Waals surface area contributed by atoms with Gasteiger partial charge < -0.3 is 20.3 Å². The first-order valence-corrected chi connectivity index (χ1v) is 13.6. The van der Waals surface area contributed by atoms with Gasteiger partial charge in [0.15, 0.2) is 0 Å². The molecule has 0 aliphatic carbocycles. The molecule has 11 heteroatoms. The number of benzene rings is 1. The van der Waals surface area contributed by atoms with Crippen LogP contribution in [0, 0.1) is 0 Å². The second-order valence-electron chi connectivity index (χ2n) is 11.0. The predicted octanol–water partition coefficient (Wildman–Crippen LogP) is 4.66. The molecule has 210 valence electrons. The number of nitrogens with zero attached hydrogens (tertiary/aromatic N) is 5. The van der Waals surface area contributed by atoms with Crippen LogP contribution in [0.1, 0.15) is 46.6 Å². The van der Waals surface area contributed by atoms with Gasteiger partial charge in [-0.2, -0.15) is 0 Å². The van der Waals surface area contributed by atoms with Crippen LogP contribution in [0.3, 0.4) is 0 Å². The molecule has 1 aromatic carbocycles. The molecule has 1 aliphatic rings. The molecule has 0 bridgehead atoms. The number of ether oxygens (including phenoxy) is 1. The molecule has 1 fully saturated rings. The lowest BCUT2D eigenvalue weighted by Gasteiger charge is -2.33. The highest BCUT2D eigenvalue weighted by Gasteiger charge is 2.30. The van der Waals surface area contributed by atoms with E-state index >= 15 is 0 Å². The molecule has 3 aromatic heterocycles. The van der Waals surface area contributed by atoms with Crippen molar-refractivity contribution >= 4 is 39.9 Å². The van der Waals surface area contributed by atoms with E-state index in [2.05, 4.69) is 15.6 Å². The lowest BCUT2D eigenvalue weighted by atomic mass is 10.0. The number of aryl methyl sites for hydroxylation is 1. The lowest BCUT2D eigenvalue weighted by molar-refractivity contribution is 0.0188. The third-order valence-electron chi connectivity index (χ3n) is 7.02. The summed E-state index contributed by atoms with van der Waals surface area (Å²) < 4.78 is 8.97. The van der Waals surface area contributed by atoms with Gasteiger partial charge in [-0.25, -0.2) is 19.4 Å². The molecule has 1 aliphatic heterocycles. The summed E-state index contributed by atoms with van der Waals surface area (Å²) in [5.74, 6) is 0. The van der Waals surface area contributed by atoms with Gasteiger partial charge in [0.2, 0.25) is 0 Å². The Balaban J connectivity index is 1.48. The SMILES string of the molecule is CCNC(=O)Nc1ccc(-c2ccc3ncc4c(c3n2)n(C2CCN(C(=O)OC(C)(C)C)CC2)c(=O)n4C)cc1. The molecule has 0 radical (unpaired) electrons. The zero-order valence-corrected chi connectivity index (χ0v) is 23.5. The van der Waals surface area contributed by atoms with Gasteiger partial charge in [0.05, 0.1) is 28.4 Å². The number of fused-ring (bicyclic) bond motifs is 3. The summed E-state index contributed by atoms with van der Waals surface area (Å²) in [4.78, 5) is 49.2. The number of imidazole rings is 1. The maximum Gasteiger partial charge on any atom is 0.410 e. The van der Waals surface area contributed by atoms with Crippen LogP contribution in [0.5, 0.6) is 0 Å². The normalized spacial score (nSPS) is 14.5. The van der Waals surface area contributed by atoms with Crippen LogP contribution < -0.4 is 16.3 Å². The standard InChI is InChI=1S/C29H35N7O4/c1-6-30-26(37)32-19-9-7-18(8-10-19)21-11-12-22-24(33-21)25-23(17-31-22)34(5)27(38)36(25)20-13-15-35(16-14-20)28(39)40-29(2,3)4/h7-12,17,20H,6,13-16H2,1-5H3,(H2,30,32,37). The van der Waals surface area contributed by atoms with Crippen LogP contribution in [0.25, 0.3) is 33.3 Å². The highest BCUT2D eigenvalue weighted by atomic mass is 16.6. The molecule has 5 rings (SSSR count). The minimum Gasteiger partial charge on any atom is -0.444 e. The lowest BCUT2D eigenvalue weighted by Crippen LogP contribution is -2.43. The number of hydrogen-bond donors (Lipinski definition) is 2. The Bertz CT molecular complexity index is 1620. The molecular formula is C29H35N7O4. The van der Waals surface area contributed by atoms with Crippen LogP contribution in [0.15, 0.2) is 47.4 Å². The first-order valence-electron chi connectivity index (χ1n) is 13.6. The van der Waals surface area contributed by atoms with Gasteiger partial charge in [-0.05, 0) is 64.8 Å². The van der Waals surface area contributed by atoms with Crippen molar-refractivity contribution in [3.8, 4) is 11.3 Å². The molecule has 1 saturated heterocycles. The fraction of sp³-hybridized carbons (Fsp3) is 0.414. The zero-order chi connectivity index (χ0) is 28.6. The molecular weight excluding hydrogens is 510 g/mol. The maximum atomic E-state index is 13.5. The van der Waals surface area contributed by atoms with Gasteiger partial charge in [0, 0.05) is 44.0 Å². The Morgan fingerprint density at radius 3 is 2.42 bits per heavy atom. The fourth-order valence-corrected chi connectivity index (χ4v) is 5.08. The minimum atomic E-state index is -0.559. The molecule has 0 spiro atoms. The van der Waals surface area contributed by atoms with Gasteiger partial charge in [-0.15, -0.1) is 0 Å². The van der Waals surface area contributed by atoms with Crippen molar-refractivity contribution in [3.63, 3.8) is 0 Å². The Morgan fingerprint density at radius 1 is 1.07 bits per heavy atom. The smallest absolute Gasteiger partial charge is 0.410 e.